The molecule has 0 saturated heterocycles. The summed E-state index contributed by atoms with van der Waals surface area (Å²) in [7, 11) is 0. The van der Waals surface area contributed by atoms with Crippen molar-refractivity contribution in [3.8, 4) is 17.1 Å². The molecule has 1 N–H and O–H groups in total. The molecule has 1 aromatic heterocycles. The van der Waals surface area contributed by atoms with Crippen LogP contribution in [0.15, 0.2) is 40.8 Å². The van der Waals surface area contributed by atoms with E-state index in [9.17, 15) is 0 Å². The van der Waals surface area contributed by atoms with Gasteiger partial charge in [-0.25, -0.2) is 0 Å². The van der Waals surface area contributed by atoms with Crippen molar-refractivity contribution in [2.24, 2.45) is 0 Å². The van der Waals surface area contributed by atoms with Gasteiger partial charge >= 0.3 is 0 Å². The minimum absolute atomic E-state index is 0.674. The standard InChI is InChI=1S/C15H19NO2/c1-3-16-11-14-8-9-15(18-14)12-6-5-7-13(10-12)17-4-2/h5-10,16H,3-4,11H2,1-2H3. The van der Waals surface area contributed by atoms with Crippen LogP contribution < -0.4 is 10.1 Å². The molecule has 0 bridgehead atoms. The van der Waals surface area contributed by atoms with Gasteiger partial charge in [0, 0.05) is 5.56 Å². The maximum atomic E-state index is 5.79. The Balaban J connectivity index is 2.15. The number of furan rings is 1. The molecule has 0 fully saturated rings. The van der Waals surface area contributed by atoms with Crippen LogP contribution in [0.5, 0.6) is 5.75 Å². The number of ether oxygens (including phenoxy) is 1. The topological polar surface area (TPSA) is 34.4 Å². The van der Waals surface area contributed by atoms with Crippen LogP contribution >= 0.6 is 0 Å². The fraction of sp³-hybridized carbons (Fsp3) is 0.333. The second kappa shape index (κ2) is 6.26. The van der Waals surface area contributed by atoms with Gasteiger partial charge in [-0.3, -0.25) is 0 Å². The molecule has 0 saturated carbocycles. The van der Waals surface area contributed by atoms with Gasteiger partial charge in [-0.05, 0) is 37.7 Å². The first kappa shape index (κ1) is 12.7. The molecule has 0 aliphatic rings. The minimum Gasteiger partial charge on any atom is -0.494 e. The summed E-state index contributed by atoms with van der Waals surface area (Å²) in [5.74, 6) is 2.71. The molecule has 18 heavy (non-hydrogen) atoms. The van der Waals surface area contributed by atoms with Crippen molar-refractivity contribution in [2.45, 2.75) is 20.4 Å². The molecule has 3 heteroatoms. The number of benzene rings is 1. The van der Waals surface area contributed by atoms with E-state index in [4.69, 9.17) is 9.15 Å². The highest BCUT2D eigenvalue weighted by Gasteiger charge is 2.05. The Bertz CT molecular complexity index is 491. The predicted molar refractivity (Wildman–Crippen MR) is 72.7 cm³/mol. The van der Waals surface area contributed by atoms with Crippen molar-refractivity contribution in [2.75, 3.05) is 13.2 Å². The lowest BCUT2D eigenvalue weighted by Crippen LogP contribution is -2.10. The van der Waals surface area contributed by atoms with Crippen LogP contribution in [0.1, 0.15) is 19.6 Å². The molecular formula is C15H19NO2. The fourth-order valence-electron chi connectivity index (χ4n) is 1.78. The van der Waals surface area contributed by atoms with Crippen molar-refractivity contribution in [3.05, 3.63) is 42.2 Å². The Morgan fingerprint density at radius 1 is 1.17 bits per heavy atom. The lowest BCUT2D eigenvalue weighted by atomic mass is 10.1. The Morgan fingerprint density at radius 2 is 2.06 bits per heavy atom. The first-order chi connectivity index (χ1) is 8.83. The van der Waals surface area contributed by atoms with Gasteiger partial charge in [0.2, 0.25) is 0 Å². The van der Waals surface area contributed by atoms with E-state index in [1.807, 2.05) is 43.3 Å². The average Bonchev–Trinajstić information content (AvgIpc) is 2.86. The van der Waals surface area contributed by atoms with Crippen molar-refractivity contribution < 1.29 is 9.15 Å². The van der Waals surface area contributed by atoms with Crippen LogP contribution in [0.25, 0.3) is 11.3 Å². The van der Waals surface area contributed by atoms with Gasteiger partial charge in [-0.1, -0.05) is 19.1 Å². The lowest BCUT2D eigenvalue weighted by Gasteiger charge is -2.04. The molecule has 96 valence electrons. The second-order valence-electron chi connectivity index (χ2n) is 4.01. The summed E-state index contributed by atoms with van der Waals surface area (Å²) < 4.78 is 11.3. The van der Waals surface area contributed by atoms with Crippen LogP contribution in [-0.2, 0) is 6.54 Å². The van der Waals surface area contributed by atoms with E-state index in [1.54, 1.807) is 0 Å². The van der Waals surface area contributed by atoms with E-state index in [-0.39, 0.29) is 0 Å². The molecule has 3 nitrogen and oxygen atoms in total. The molecule has 1 heterocycles. The number of rotatable bonds is 6. The summed E-state index contributed by atoms with van der Waals surface area (Å²) in [4.78, 5) is 0. The lowest BCUT2D eigenvalue weighted by molar-refractivity contribution is 0.340. The van der Waals surface area contributed by atoms with Gasteiger partial charge < -0.3 is 14.5 Å². The van der Waals surface area contributed by atoms with Crippen molar-refractivity contribution in [1.82, 2.24) is 5.32 Å². The van der Waals surface area contributed by atoms with E-state index in [0.717, 1.165) is 35.9 Å². The van der Waals surface area contributed by atoms with E-state index in [0.29, 0.717) is 6.61 Å². The van der Waals surface area contributed by atoms with Crippen molar-refractivity contribution >= 4 is 0 Å². The van der Waals surface area contributed by atoms with Gasteiger partial charge in [0.05, 0.1) is 13.2 Å². The van der Waals surface area contributed by atoms with Crippen molar-refractivity contribution in [3.63, 3.8) is 0 Å². The molecule has 0 spiro atoms. The van der Waals surface area contributed by atoms with Gasteiger partial charge in [0.15, 0.2) is 0 Å². The van der Waals surface area contributed by atoms with Gasteiger partial charge in [0.1, 0.15) is 17.3 Å². The first-order valence-corrected chi connectivity index (χ1v) is 6.36. The molecule has 0 aliphatic carbocycles. The molecule has 2 rings (SSSR count). The summed E-state index contributed by atoms with van der Waals surface area (Å²) >= 11 is 0. The van der Waals surface area contributed by atoms with Crippen LogP contribution in [0, 0.1) is 0 Å². The number of hydrogen-bond acceptors (Lipinski definition) is 3. The molecule has 1 aromatic carbocycles. The van der Waals surface area contributed by atoms with Crippen LogP contribution in [0.3, 0.4) is 0 Å². The minimum atomic E-state index is 0.674. The number of hydrogen-bond donors (Lipinski definition) is 1. The van der Waals surface area contributed by atoms with E-state index in [2.05, 4.69) is 12.2 Å². The quantitative estimate of drug-likeness (QED) is 0.846. The summed E-state index contributed by atoms with van der Waals surface area (Å²) in [5.41, 5.74) is 1.05. The zero-order chi connectivity index (χ0) is 12.8. The maximum absolute atomic E-state index is 5.79. The normalized spacial score (nSPS) is 10.6. The highest BCUT2D eigenvalue weighted by atomic mass is 16.5. The average molecular weight is 245 g/mol. The molecule has 0 unspecified atom stereocenters. The van der Waals surface area contributed by atoms with Crippen LogP contribution in [-0.4, -0.2) is 13.2 Å². The van der Waals surface area contributed by atoms with Gasteiger partial charge in [0.25, 0.3) is 0 Å². The second-order valence-corrected chi connectivity index (χ2v) is 4.01. The first-order valence-electron chi connectivity index (χ1n) is 6.36. The monoisotopic (exact) mass is 245 g/mol. The third-order valence-corrected chi connectivity index (χ3v) is 2.64. The van der Waals surface area contributed by atoms with Crippen molar-refractivity contribution in [1.29, 1.82) is 0 Å². The SMILES string of the molecule is CCNCc1ccc(-c2cccc(OCC)c2)o1. The number of nitrogens with one attached hydrogen (secondary N) is 1. The molecule has 0 amide bonds. The molecule has 0 atom stereocenters. The third-order valence-electron chi connectivity index (χ3n) is 2.64. The Labute approximate surface area is 108 Å². The van der Waals surface area contributed by atoms with E-state index in [1.165, 1.54) is 0 Å². The summed E-state index contributed by atoms with van der Waals surface area (Å²) in [6, 6.07) is 12.0. The summed E-state index contributed by atoms with van der Waals surface area (Å²) in [6.07, 6.45) is 0. The molecular weight excluding hydrogens is 226 g/mol. The zero-order valence-electron chi connectivity index (χ0n) is 10.9. The predicted octanol–water partition coefficient (Wildman–Crippen LogP) is 3.45. The van der Waals surface area contributed by atoms with E-state index < -0.39 is 0 Å². The summed E-state index contributed by atoms with van der Waals surface area (Å²) in [5, 5.41) is 3.24. The Morgan fingerprint density at radius 3 is 2.83 bits per heavy atom. The van der Waals surface area contributed by atoms with Crippen LogP contribution in [0.2, 0.25) is 0 Å². The summed E-state index contributed by atoms with van der Waals surface area (Å²) in [6.45, 7) is 6.44. The largest absolute Gasteiger partial charge is 0.494 e. The van der Waals surface area contributed by atoms with E-state index >= 15 is 0 Å². The highest BCUT2D eigenvalue weighted by molar-refractivity contribution is 5.59. The third kappa shape index (κ3) is 3.14. The van der Waals surface area contributed by atoms with Gasteiger partial charge in [-0.2, -0.15) is 0 Å². The zero-order valence-corrected chi connectivity index (χ0v) is 10.9. The Hall–Kier alpha value is -1.74. The smallest absolute Gasteiger partial charge is 0.134 e. The molecule has 0 aliphatic heterocycles. The van der Waals surface area contributed by atoms with Crippen LogP contribution in [0.4, 0.5) is 0 Å². The fourth-order valence-corrected chi connectivity index (χ4v) is 1.78. The van der Waals surface area contributed by atoms with Gasteiger partial charge in [-0.15, -0.1) is 0 Å². The molecule has 0 radical (unpaired) electrons. The molecule has 2 aromatic rings. The Kier molecular flexibility index (Phi) is 4.42. The highest BCUT2D eigenvalue weighted by Crippen LogP contribution is 2.25. The maximum Gasteiger partial charge on any atom is 0.134 e.